The van der Waals surface area contributed by atoms with E-state index in [0.717, 1.165) is 12.1 Å². The van der Waals surface area contributed by atoms with Gasteiger partial charge in [-0.15, -0.1) is 6.42 Å². The van der Waals surface area contributed by atoms with Gasteiger partial charge in [0, 0.05) is 11.6 Å². The normalized spacial score (nSPS) is 16.4. The van der Waals surface area contributed by atoms with Crippen molar-refractivity contribution in [2.45, 2.75) is 13.3 Å². The summed E-state index contributed by atoms with van der Waals surface area (Å²) >= 11 is 19.8. The lowest BCUT2D eigenvalue weighted by Gasteiger charge is -2.14. The number of hydrogen-bond acceptors (Lipinski definition) is 4. The predicted molar refractivity (Wildman–Crippen MR) is 127 cm³/mol. The number of rotatable bonds is 6. The summed E-state index contributed by atoms with van der Waals surface area (Å²) in [6.07, 6.45) is 7.75. The zero-order valence-electron chi connectivity index (χ0n) is 16.0. The molecule has 8 heteroatoms. The van der Waals surface area contributed by atoms with Gasteiger partial charge in [0.15, 0.2) is 10.9 Å². The fourth-order valence-electron chi connectivity index (χ4n) is 2.70. The van der Waals surface area contributed by atoms with E-state index in [1.54, 1.807) is 47.4 Å². The van der Waals surface area contributed by atoms with Gasteiger partial charge >= 0.3 is 0 Å². The number of ether oxygens (including phenoxy) is 1. The molecule has 1 heterocycles. The molecule has 0 saturated carbocycles. The van der Waals surface area contributed by atoms with E-state index in [4.69, 9.17) is 46.0 Å². The molecule has 1 fully saturated rings. The lowest BCUT2D eigenvalue weighted by atomic mass is 10.2. The highest BCUT2D eigenvalue weighted by molar-refractivity contribution is 8.18. The van der Waals surface area contributed by atoms with Gasteiger partial charge in [0.1, 0.15) is 6.61 Å². The van der Waals surface area contributed by atoms with Gasteiger partial charge in [0.2, 0.25) is 0 Å². The van der Waals surface area contributed by atoms with Crippen molar-refractivity contribution < 1.29 is 9.53 Å². The maximum atomic E-state index is 13.0. The van der Waals surface area contributed by atoms with Gasteiger partial charge in [-0.25, -0.2) is 4.99 Å². The molecule has 0 radical (unpaired) electrons. The number of amidine groups is 1. The molecule has 0 aromatic heterocycles. The smallest absolute Gasteiger partial charge is 0.266 e. The Bertz CT molecular complexity index is 1040. The molecule has 3 rings (SSSR count). The third-order valence-corrected chi connectivity index (χ3v) is 5.82. The number of halogens is 3. The van der Waals surface area contributed by atoms with Crippen LogP contribution >= 0.6 is 46.6 Å². The van der Waals surface area contributed by atoms with Crippen molar-refractivity contribution in [2.75, 3.05) is 13.2 Å². The molecular formula is C22H17Cl3N2O2S. The van der Waals surface area contributed by atoms with Crippen LogP contribution in [0.4, 0.5) is 5.69 Å². The van der Waals surface area contributed by atoms with Crippen molar-refractivity contribution in [3.63, 3.8) is 0 Å². The second kappa shape index (κ2) is 10.3. The standard InChI is InChI=1S/C22H17Cl3N2O2S/c1-3-9-27-21(28)19(30-22(27)26-16-7-5-15(23)6-8-16)13-14-11-17(24)20(18(25)12-14)29-10-4-2/h2,5-8,11-13H,3,9-10H2,1H3/b19-13-,26-22?. The first-order chi connectivity index (χ1) is 14.4. The topological polar surface area (TPSA) is 41.9 Å². The van der Waals surface area contributed by atoms with Crippen molar-refractivity contribution in [2.24, 2.45) is 4.99 Å². The van der Waals surface area contributed by atoms with E-state index in [2.05, 4.69) is 10.9 Å². The molecule has 30 heavy (non-hydrogen) atoms. The molecule has 0 aliphatic carbocycles. The Balaban J connectivity index is 1.92. The molecule has 1 aliphatic rings. The van der Waals surface area contributed by atoms with Crippen LogP contribution < -0.4 is 4.74 Å². The van der Waals surface area contributed by atoms with Gasteiger partial charge in [-0.2, -0.15) is 0 Å². The average Bonchev–Trinajstić information content (AvgIpc) is 2.98. The summed E-state index contributed by atoms with van der Waals surface area (Å²) in [5.41, 5.74) is 1.40. The van der Waals surface area contributed by atoms with E-state index in [0.29, 0.717) is 43.0 Å². The summed E-state index contributed by atoms with van der Waals surface area (Å²) in [5.74, 6) is 2.57. The van der Waals surface area contributed by atoms with E-state index in [1.165, 1.54) is 11.8 Å². The Kier molecular flexibility index (Phi) is 7.74. The molecule has 154 valence electrons. The monoisotopic (exact) mass is 478 g/mol. The van der Waals surface area contributed by atoms with Crippen LogP contribution in [0.25, 0.3) is 6.08 Å². The number of amides is 1. The Morgan fingerprint density at radius 2 is 1.87 bits per heavy atom. The number of aliphatic imine (C=N–C) groups is 1. The minimum Gasteiger partial charge on any atom is -0.478 e. The third kappa shape index (κ3) is 5.33. The molecule has 0 bridgehead atoms. The molecule has 1 amide bonds. The first-order valence-electron chi connectivity index (χ1n) is 9.04. The lowest BCUT2D eigenvalue weighted by molar-refractivity contribution is -0.122. The number of thioether (sulfide) groups is 1. The van der Waals surface area contributed by atoms with Gasteiger partial charge in [-0.1, -0.05) is 47.6 Å². The quantitative estimate of drug-likeness (QED) is 0.343. The first kappa shape index (κ1) is 22.6. The highest BCUT2D eigenvalue weighted by Crippen LogP contribution is 2.38. The molecule has 0 N–H and O–H groups in total. The van der Waals surface area contributed by atoms with Crippen LogP contribution in [-0.2, 0) is 4.79 Å². The van der Waals surface area contributed by atoms with Crippen LogP contribution in [-0.4, -0.2) is 29.1 Å². The summed E-state index contributed by atoms with van der Waals surface area (Å²) in [7, 11) is 0. The fraction of sp³-hybridized carbons (Fsp3) is 0.182. The summed E-state index contributed by atoms with van der Waals surface area (Å²) in [6.45, 7) is 2.63. The van der Waals surface area contributed by atoms with Gasteiger partial charge in [-0.05, 0) is 66.2 Å². The zero-order chi connectivity index (χ0) is 21.7. The maximum absolute atomic E-state index is 13.0. The SMILES string of the molecule is C#CCOc1c(Cl)cc(/C=C2\SC(=Nc3ccc(Cl)cc3)N(CCC)C2=O)cc1Cl. The van der Waals surface area contributed by atoms with Gasteiger partial charge in [-0.3, -0.25) is 9.69 Å². The van der Waals surface area contributed by atoms with E-state index in [9.17, 15) is 4.79 Å². The molecular weight excluding hydrogens is 463 g/mol. The van der Waals surface area contributed by atoms with E-state index < -0.39 is 0 Å². The van der Waals surface area contributed by atoms with Crippen LogP contribution in [0.3, 0.4) is 0 Å². The average molecular weight is 480 g/mol. The van der Waals surface area contributed by atoms with Crippen LogP contribution in [0.1, 0.15) is 18.9 Å². The molecule has 1 saturated heterocycles. The Hall–Kier alpha value is -2.10. The predicted octanol–water partition coefficient (Wildman–Crippen LogP) is 6.67. The summed E-state index contributed by atoms with van der Waals surface area (Å²) in [5, 5.41) is 1.88. The van der Waals surface area contributed by atoms with Crippen molar-refractivity contribution >= 4 is 69.4 Å². The number of benzene rings is 2. The van der Waals surface area contributed by atoms with Crippen LogP contribution in [0, 0.1) is 12.3 Å². The van der Waals surface area contributed by atoms with Crippen molar-refractivity contribution in [3.8, 4) is 18.1 Å². The summed E-state index contributed by atoms with van der Waals surface area (Å²) in [6, 6.07) is 10.5. The second-order valence-electron chi connectivity index (χ2n) is 6.24. The zero-order valence-corrected chi connectivity index (χ0v) is 19.1. The minimum atomic E-state index is -0.116. The van der Waals surface area contributed by atoms with Crippen LogP contribution in [0.15, 0.2) is 46.3 Å². The Morgan fingerprint density at radius 1 is 1.20 bits per heavy atom. The molecule has 2 aromatic carbocycles. The van der Waals surface area contributed by atoms with Crippen LogP contribution in [0.2, 0.25) is 15.1 Å². The van der Waals surface area contributed by atoms with Crippen LogP contribution in [0.5, 0.6) is 5.75 Å². The number of carbonyl (C=O) groups is 1. The molecule has 0 atom stereocenters. The molecule has 4 nitrogen and oxygen atoms in total. The fourth-order valence-corrected chi connectivity index (χ4v) is 4.47. The first-order valence-corrected chi connectivity index (χ1v) is 11.0. The summed E-state index contributed by atoms with van der Waals surface area (Å²) in [4.78, 5) is 19.8. The van der Waals surface area contributed by atoms with Gasteiger partial charge in [0.25, 0.3) is 5.91 Å². The number of nitrogens with zero attached hydrogens (tertiary/aromatic N) is 2. The van der Waals surface area contributed by atoms with Crippen molar-refractivity contribution in [1.82, 2.24) is 4.90 Å². The molecule has 1 aliphatic heterocycles. The molecule has 0 spiro atoms. The van der Waals surface area contributed by atoms with Gasteiger partial charge < -0.3 is 4.74 Å². The van der Waals surface area contributed by atoms with E-state index in [1.807, 2.05) is 6.92 Å². The molecule has 0 unspecified atom stereocenters. The Morgan fingerprint density at radius 3 is 2.47 bits per heavy atom. The number of carbonyl (C=O) groups excluding carboxylic acids is 1. The lowest BCUT2D eigenvalue weighted by Crippen LogP contribution is -2.29. The van der Waals surface area contributed by atoms with E-state index >= 15 is 0 Å². The second-order valence-corrected chi connectivity index (χ2v) is 8.50. The number of terminal acetylenes is 1. The maximum Gasteiger partial charge on any atom is 0.266 e. The minimum absolute atomic E-state index is 0.0602. The van der Waals surface area contributed by atoms with Gasteiger partial charge in [0.05, 0.1) is 20.6 Å². The third-order valence-electron chi connectivity index (χ3n) is 4.00. The molecule has 2 aromatic rings. The highest BCUT2D eigenvalue weighted by atomic mass is 35.5. The largest absolute Gasteiger partial charge is 0.478 e. The highest BCUT2D eigenvalue weighted by Gasteiger charge is 2.32. The van der Waals surface area contributed by atoms with Crippen molar-refractivity contribution in [3.05, 3.63) is 61.9 Å². The van der Waals surface area contributed by atoms with Crippen molar-refractivity contribution in [1.29, 1.82) is 0 Å². The van der Waals surface area contributed by atoms with E-state index in [-0.39, 0.29) is 12.5 Å². The number of hydrogen-bond donors (Lipinski definition) is 0. The Labute approximate surface area is 194 Å². The summed E-state index contributed by atoms with van der Waals surface area (Å²) < 4.78 is 5.37.